The minimum absolute atomic E-state index is 0.0665. The van der Waals surface area contributed by atoms with Crippen LogP contribution in [-0.2, 0) is 11.2 Å². The molecule has 4 aromatic rings. The summed E-state index contributed by atoms with van der Waals surface area (Å²) in [5.41, 5.74) is 8.45. The molecule has 2 aromatic heterocycles. The highest BCUT2D eigenvalue weighted by molar-refractivity contribution is 6.36. The first kappa shape index (κ1) is 20.8. The summed E-state index contributed by atoms with van der Waals surface area (Å²) in [4.78, 5) is 16.7. The molecule has 1 amide bonds. The lowest BCUT2D eigenvalue weighted by Gasteiger charge is -2.09. The number of nitrogens with zero attached hydrogens (tertiary/aromatic N) is 2. The molecule has 0 saturated heterocycles. The maximum atomic E-state index is 13.4. The van der Waals surface area contributed by atoms with Crippen LogP contribution in [0.15, 0.2) is 65.3 Å². The number of carbonyl (C=O) groups excluding carboxylic acids is 1. The third-order valence-corrected chi connectivity index (χ3v) is 5.24. The maximum Gasteiger partial charge on any atom is 0.239 e. The Bertz CT molecular complexity index is 1240. The van der Waals surface area contributed by atoms with Crippen molar-refractivity contribution in [3.8, 4) is 22.4 Å². The van der Waals surface area contributed by atoms with Gasteiger partial charge in [0.15, 0.2) is 0 Å². The Kier molecular flexibility index (Phi) is 5.88. The zero-order valence-corrected chi connectivity index (χ0v) is 17.4. The van der Waals surface area contributed by atoms with Gasteiger partial charge >= 0.3 is 0 Å². The number of nitrogens with one attached hydrogen (secondary N) is 1. The van der Waals surface area contributed by atoms with Crippen molar-refractivity contribution in [2.24, 2.45) is 0 Å². The van der Waals surface area contributed by atoms with Gasteiger partial charge in [0.1, 0.15) is 17.3 Å². The van der Waals surface area contributed by atoms with Gasteiger partial charge < -0.3 is 10.3 Å². The van der Waals surface area contributed by atoms with Crippen molar-refractivity contribution in [3.05, 3.63) is 82.2 Å². The molecule has 9 heteroatoms. The van der Waals surface area contributed by atoms with E-state index in [2.05, 4.69) is 15.5 Å². The fourth-order valence-electron chi connectivity index (χ4n) is 3.08. The maximum absolute atomic E-state index is 13.4. The molecule has 0 radical (unpaired) electrons. The van der Waals surface area contributed by atoms with Crippen LogP contribution in [0.3, 0.4) is 0 Å². The number of anilines is 2. The average molecular weight is 457 g/mol. The molecule has 0 saturated carbocycles. The lowest BCUT2D eigenvalue weighted by molar-refractivity contribution is -0.115. The van der Waals surface area contributed by atoms with Gasteiger partial charge in [0, 0.05) is 21.8 Å². The second-order valence-electron chi connectivity index (χ2n) is 6.64. The van der Waals surface area contributed by atoms with E-state index in [1.54, 1.807) is 42.5 Å². The average Bonchev–Trinajstić information content (AvgIpc) is 3.15. The Hall–Kier alpha value is -3.42. The largest absolute Gasteiger partial charge is 0.384 e. The second kappa shape index (κ2) is 8.75. The molecule has 0 aliphatic carbocycles. The van der Waals surface area contributed by atoms with Gasteiger partial charge in [-0.2, -0.15) is 0 Å². The quantitative estimate of drug-likeness (QED) is 0.406. The van der Waals surface area contributed by atoms with Crippen molar-refractivity contribution in [1.82, 2.24) is 10.1 Å². The number of hydrogen-bond acceptors (Lipinski definition) is 5. The molecule has 4 rings (SSSR count). The number of hydrogen-bond donors (Lipinski definition) is 2. The van der Waals surface area contributed by atoms with E-state index in [9.17, 15) is 9.18 Å². The lowest BCUT2D eigenvalue weighted by Crippen LogP contribution is -2.15. The van der Waals surface area contributed by atoms with Gasteiger partial charge in [-0.05, 0) is 59.7 Å². The number of carbonyl (C=O) groups is 1. The van der Waals surface area contributed by atoms with Crippen molar-refractivity contribution in [3.63, 3.8) is 0 Å². The van der Waals surface area contributed by atoms with Crippen LogP contribution >= 0.6 is 23.2 Å². The van der Waals surface area contributed by atoms with Gasteiger partial charge in [-0.15, -0.1) is 0 Å². The molecular weight excluding hydrogens is 442 g/mol. The number of nitrogens with two attached hydrogens (primary N) is 1. The summed E-state index contributed by atoms with van der Waals surface area (Å²) in [6.07, 6.45) is 1.46. The Morgan fingerprint density at radius 1 is 1.06 bits per heavy atom. The van der Waals surface area contributed by atoms with Crippen LogP contribution in [0.1, 0.15) is 5.56 Å². The van der Waals surface area contributed by atoms with Crippen LogP contribution in [0, 0.1) is 5.82 Å². The molecule has 0 aliphatic heterocycles. The monoisotopic (exact) mass is 456 g/mol. The van der Waals surface area contributed by atoms with E-state index in [1.165, 1.54) is 18.3 Å². The van der Waals surface area contributed by atoms with E-state index in [0.717, 1.165) is 0 Å². The first-order valence-electron chi connectivity index (χ1n) is 9.12. The molecular formula is C22H15Cl2FN4O2. The fraction of sp³-hybridized carbons (Fsp3) is 0.0455. The summed E-state index contributed by atoms with van der Waals surface area (Å²) in [7, 11) is 0. The van der Waals surface area contributed by atoms with Crippen molar-refractivity contribution < 1.29 is 13.7 Å². The van der Waals surface area contributed by atoms with E-state index >= 15 is 0 Å². The molecule has 31 heavy (non-hydrogen) atoms. The Morgan fingerprint density at radius 3 is 2.45 bits per heavy atom. The summed E-state index contributed by atoms with van der Waals surface area (Å²) >= 11 is 12.3. The first-order valence-corrected chi connectivity index (χ1v) is 9.88. The summed E-state index contributed by atoms with van der Waals surface area (Å²) < 4.78 is 18.8. The van der Waals surface area contributed by atoms with Gasteiger partial charge in [0.05, 0.1) is 12.0 Å². The second-order valence-corrected chi connectivity index (χ2v) is 7.45. The predicted octanol–water partition coefficient (Wildman–Crippen LogP) is 5.61. The molecule has 0 fully saturated rings. The molecule has 156 valence electrons. The minimum atomic E-state index is -0.403. The Morgan fingerprint density at radius 2 is 1.77 bits per heavy atom. The molecule has 3 N–H and O–H groups in total. The van der Waals surface area contributed by atoms with Crippen molar-refractivity contribution in [1.29, 1.82) is 0 Å². The highest BCUT2D eigenvalue weighted by Crippen LogP contribution is 2.38. The fourth-order valence-corrected chi connectivity index (χ4v) is 3.62. The lowest BCUT2D eigenvalue weighted by atomic mass is 10.0. The number of rotatable bonds is 5. The molecule has 2 aromatic carbocycles. The number of halogens is 3. The smallest absolute Gasteiger partial charge is 0.239 e. The van der Waals surface area contributed by atoms with Crippen molar-refractivity contribution >= 4 is 40.8 Å². The number of nitrogen functional groups attached to an aromatic ring is 1. The SMILES string of the molecule is Nc1cc(-c2c(-c3ccc(F)cc3)noc2NC(=O)Cc2c(Cl)cccc2Cl)ccn1. The molecule has 0 atom stereocenters. The molecule has 6 nitrogen and oxygen atoms in total. The number of pyridine rings is 1. The van der Waals surface area contributed by atoms with Crippen LogP contribution in [0.5, 0.6) is 0 Å². The van der Waals surface area contributed by atoms with E-state index in [4.69, 9.17) is 33.5 Å². The Balaban J connectivity index is 1.72. The van der Waals surface area contributed by atoms with Crippen LogP contribution in [0.25, 0.3) is 22.4 Å². The molecule has 0 spiro atoms. The predicted molar refractivity (Wildman–Crippen MR) is 118 cm³/mol. The van der Waals surface area contributed by atoms with Gasteiger partial charge in [-0.25, -0.2) is 9.37 Å². The van der Waals surface area contributed by atoms with Crippen molar-refractivity contribution in [2.45, 2.75) is 6.42 Å². The molecule has 0 aliphatic rings. The molecule has 0 bridgehead atoms. The summed E-state index contributed by atoms with van der Waals surface area (Å²) in [6.45, 7) is 0. The summed E-state index contributed by atoms with van der Waals surface area (Å²) in [5.74, 6) is -0.394. The zero-order valence-electron chi connectivity index (χ0n) is 15.9. The highest BCUT2D eigenvalue weighted by atomic mass is 35.5. The number of aromatic nitrogens is 2. The van der Waals surface area contributed by atoms with E-state index in [0.29, 0.717) is 38.0 Å². The van der Waals surface area contributed by atoms with Crippen LogP contribution < -0.4 is 11.1 Å². The van der Waals surface area contributed by atoms with Gasteiger partial charge in [0.2, 0.25) is 11.8 Å². The number of benzene rings is 2. The van der Waals surface area contributed by atoms with Crippen molar-refractivity contribution in [2.75, 3.05) is 11.1 Å². The van der Waals surface area contributed by atoms with Gasteiger partial charge in [-0.3, -0.25) is 10.1 Å². The van der Waals surface area contributed by atoms with E-state index in [-0.39, 0.29) is 23.9 Å². The highest BCUT2D eigenvalue weighted by Gasteiger charge is 2.22. The standard InChI is InChI=1S/C22H15Cl2FN4O2/c23-16-2-1-3-17(24)15(16)11-19(30)28-22-20(13-8-9-27-18(26)10-13)21(29-31-22)12-4-6-14(25)7-5-12/h1-10H,11H2,(H2,26,27)(H,28,30). The van der Waals surface area contributed by atoms with Crippen LogP contribution in [0.4, 0.5) is 16.1 Å². The van der Waals surface area contributed by atoms with Crippen LogP contribution in [0.2, 0.25) is 10.0 Å². The van der Waals surface area contributed by atoms with Gasteiger partial charge in [-0.1, -0.05) is 34.4 Å². The van der Waals surface area contributed by atoms with Gasteiger partial charge in [0.25, 0.3) is 0 Å². The normalized spacial score (nSPS) is 10.8. The van der Waals surface area contributed by atoms with Crippen LogP contribution in [-0.4, -0.2) is 16.0 Å². The third-order valence-electron chi connectivity index (χ3n) is 4.53. The number of amides is 1. The van der Waals surface area contributed by atoms with E-state index in [1.807, 2.05) is 0 Å². The summed E-state index contributed by atoms with van der Waals surface area (Å²) in [5, 5.41) is 7.57. The minimum Gasteiger partial charge on any atom is -0.384 e. The van der Waals surface area contributed by atoms with E-state index < -0.39 is 5.91 Å². The zero-order chi connectivity index (χ0) is 22.0. The molecule has 2 heterocycles. The summed E-state index contributed by atoms with van der Waals surface area (Å²) in [6, 6.07) is 14.1. The topological polar surface area (TPSA) is 94.0 Å². The third kappa shape index (κ3) is 4.52. The first-order chi connectivity index (χ1) is 14.9. The molecule has 0 unspecified atom stereocenters. The Labute approximate surface area is 186 Å².